The number of hydrogen-bond acceptors (Lipinski definition) is 2. The lowest BCUT2D eigenvalue weighted by atomic mass is 10.1. The summed E-state index contributed by atoms with van der Waals surface area (Å²) in [7, 11) is 0. The van der Waals surface area contributed by atoms with Crippen LogP contribution in [0.5, 0.6) is 0 Å². The summed E-state index contributed by atoms with van der Waals surface area (Å²) >= 11 is 0. The predicted octanol–water partition coefficient (Wildman–Crippen LogP) is 2.52. The van der Waals surface area contributed by atoms with Crippen LogP contribution in [0, 0.1) is 11.6 Å². The summed E-state index contributed by atoms with van der Waals surface area (Å²) in [5.74, 6) is -1.65. The Morgan fingerprint density at radius 1 is 1.41 bits per heavy atom. The van der Waals surface area contributed by atoms with Crippen LogP contribution in [0.15, 0.2) is 30.4 Å². The number of rotatable bonds is 6. The third kappa shape index (κ3) is 3.91. The van der Waals surface area contributed by atoms with Gasteiger partial charge in [-0.2, -0.15) is 0 Å². The van der Waals surface area contributed by atoms with Crippen LogP contribution < -0.4 is 11.1 Å². The van der Waals surface area contributed by atoms with Gasteiger partial charge >= 0.3 is 0 Å². The van der Waals surface area contributed by atoms with Crippen molar-refractivity contribution in [2.24, 2.45) is 5.73 Å². The average Bonchev–Trinajstić information content (AvgIpc) is 2.34. The third-order valence-electron chi connectivity index (χ3n) is 2.53. The SMILES string of the molecule is C/C=C/CCNC(CN)c1cccc(F)c1F. The standard InChI is InChI=1S/C13H18F2N2/c1-2-3-4-8-17-12(9-16)10-6-5-7-11(14)13(10)15/h2-3,5-7,12,17H,4,8-9,16H2,1H3/b3-2+. The second-order valence-corrected chi connectivity index (χ2v) is 3.74. The highest BCUT2D eigenvalue weighted by Gasteiger charge is 2.15. The van der Waals surface area contributed by atoms with Crippen LogP contribution in [0.25, 0.3) is 0 Å². The van der Waals surface area contributed by atoms with Crippen molar-refractivity contribution >= 4 is 0 Å². The zero-order valence-electron chi connectivity index (χ0n) is 9.92. The summed E-state index contributed by atoms with van der Waals surface area (Å²) in [5, 5.41) is 3.11. The number of nitrogens with two attached hydrogens (primary N) is 1. The molecule has 4 heteroatoms. The van der Waals surface area contributed by atoms with Crippen molar-refractivity contribution in [3.63, 3.8) is 0 Å². The molecule has 1 unspecified atom stereocenters. The molecule has 0 bridgehead atoms. The van der Waals surface area contributed by atoms with Crippen LogP contribution in [0.4, 0.5) is 8.78 Å². The van der Waals surface area contributed by atoms with Gasteiger partial charge in [0, 0.05) is 18.2 Å². The summed E-state index contributed by atoms with van der Waals surface area (Å²) in [6, 6.07) is 3.80. The summed E-state index contributed by atoms with van der Waals surface area (Å²) in [6.45, 7) is 2.85. The van der Waals surface area contributed by atoms with E-state index in [1.165, 1.54) is 6.07 Å². The number of hydrogen-bond donors (Lipinski definition) is 2. The molecule has 1 aromatic rings. The zero-order chi connectivity index (χ0) is 12.7. The molecule has 0 saturated heterocycles. The minimum Gasteiger partial charge on any atom is -0.329 e. The van der Waals surface area contributed by atoms with Gasteiger partial charge in [-0.3, -0.25) is 0 Å². The highest BCUT2D eigenvalue weighted by atomic mass is 19.2. The molecule has 0 aliphatic heterocycles. The second-order valence-electron chi connectivity index (χ2n) is 3.74. The fraction of sp³-hybridized carbons (Fsp3) is 0.385. The van der Waals surface area contributed by atoms with Gasteiger partial charge in [0.25, 0.3) is 0 Å². The maximum atomic E-state index is 13.5. The van der Waals surface area contributed by atoms with Gasteiger partial charge in [0.2, 0.25) is 0 Å². The first-order chi connectivity index (χ1) is 8.20. The zero-order valence-corrected chi connectivity index (χ0v) is 9.92. The van der Waals surface area contributed by atoms with E-state index in [1.54, 1.807) is 6.07 Å². The Morgan fingerprint density at radius 3 is 2.82 bits per heavy atom. The molecule has 0 saturated carbocycles. The van der Waals surface area contributed by atoms with Gasteiger partial charge in [0.05, 0.1) is 0 Å². The van der Waals surface area contributed by atoms with E-state index in [1.807, 2.05) is 19.1 Å². The summed E-state index contributed by atoms with van der Waals surface area (Å²) < 4.78 is 26.6. The van der Waals surface area contributed by atoms with E-state index in [0.717, 1.165) is 12.5 Å². The maximum Gasteiger partial charge on any atom is 0.163 e. The minimum absolute atomic E-state index is 0.232. The molecule has 1 atom stereocenters. The molecule has 0 aliphatic rings. The quantitative estimate of drug-likeness (QED) is 0.592. The first kappa shape index (κ1) is 13.8. The minimum atomic E-state index is -0.837. The van der Waals surface area contributed by atoms with Gasteiger partial charge in [-0.1, -0.05) is 24.3 Å². The van der Waals surface area contributed by atoms with Crippen LogP contribution in [0.3, 0.4) is 0 Å². The first-order valence-corrected chi connectivity index (χ1v) is 5.69. The molecular weight excluding hydrogens is 222 g/mol. The summed E-state index contributed by atoms with van der Waals surface area (Å²) in [5.41, 5.74) is 5.85. The van der Waals surface area contributed by atoms with E-state index >= 15 is 0 Å². The molecule has 1 aromatic carbocycles. The molecule has 0 heterocycles. The molecule has 0 spiro atoms. The van der Waals surface area contributed by atoms with Crippen molar-refractivity contribution in [1.82, 2.24) is 5.32 Å². The summed E-state index contributed by atoms with van der Waals surface area (Å²) in [4.78, 5) is 0. The van der Waals surface area contributed by atoms with Crippen LogP contribution >= 0.6 is 0 Å². The molecule has 17 heavy (non-hydrogen) atoms. The average molecular weight is 240 g/mol. The number of halogens is 2. The molecule has 1 rings (SSSR count). The van der Waals surface area contributed by atoms with Crippen molar-refractivity contribution in [3.05, 3.63) is 47.5 Å². The van der Waals surface area contributed by atoms with Crippen LogP contribution in [-0.2, 0) is 0 Å². The normalized spacial score (nSPS) is 13.2. The molecule has 0 amide bonds. The van der Waals surface area contributed by atoms with Crippen molar-refractivity contribution in [3.8, 4) is 0 Å². The molecule has 0 radical (unpaired) electrons. The van der Waals surface area contributed by atoms with Crippen LogP contribution in [0.2, 0.25) is 0 Å². The second kappa shape index (κ2) is 7.14. The van der Waals surface area contributed by atoms with Crippen LogP contribution in [0.1, 0.15) is 24.9 Å². The third-order valence-corrected chi connectivity index (χ3v) is 2.53. The monoisotopic (exact) mass is 240 g/mol. The van der Waals surface area contributed by atoms with E-state index in [-0.39, 0.29) is 18.2 Å². The van der Waals surface area contributed by atoms with Gasteiger partial charge in [-0.25, -0.2) is 8.78 Å². The fourth-order valence-corrected chi connectivity index (χ4v) is 1.62. The van der Waals surface area contributed by atoms with E-state index < -0.39 is 11.6 Å². The highest BCUT2D eigenvalue weighted by Crippen LogP contribution is 2.18. The van der Waals surface area contributed by atoms with E-state index in [9.17, 15) is 8.78 Å². The Labute approximate surface area is 101 Å². The van der Waals surface area contributed by atoms with Crippen molar-refractivity contribution in [2.75, 3.05) is 13.1 Å². The van der Waals surface area contributed by atoms with Gasteiger partial charge in [0.1, 0.15) is 0 Å². The van der Waals surface area contributed by atoms with Crippen LogP contribution in [-0.4, -0.2) is 13.1 Å². The van der Waals surface area contributed by atoms with Gasteiger partial charge in [-0.15, -0.1) is 0 Å². The van der Waals surface area contributed by atoms with E-state index in [2.05, 4.69) is 5.32 Å². The molecule has 0 aromatic heterocycles. The topological polar surface area (TPSA) is 38.0 Å². The molecule has 3 N–H and O–H groups in total. The molecule has 0 fully saturated rings. The number of allylic oxidation sites excluding steroid dienone is 1. The van der Waals surface area contributed by atoms with E-state index in [0.29, 0.717) is 6.54 Å². The van der Waals surface area contributed by atoms with Crippen molar-refractivity contribution in [1.29, 1.82) is 0 Å². The smallest absolute Gasteiger partial charge is 0.163 e. The lowest BCUT2D eigenvalue weighted by Gasteiger charge is -2.17. The Balaban J connectivity index is 2.69. The number of benzene rings is 1. The predicted molar refractivity (Wildman–Crippen MR) is 65.6 cm³/mol. The largest absolute Gasteiger partial charge is 0.329 e. The number of nitrogens with one attached hydrogen (secondary N) is 1. The Bertz CT molecular complexity index is 378. The Hall–Kier alpha value is -1.26. The van der Waals surface area contributed by atoms with Crippen molar-refractivity contribution in [2.45, 2.75) is 19.4 Å². The Morgan fingerprint density at radius 2 is 2.18 bits per heavy atom. The molecule has 2 nitrogen and oxygen atoms in total. The fourth-order valence-electron chi connectivity index (χ4n) is 1.62. The van der Waals surface area contributed by atoms with Gasteiger partial charge in [0.15, 0.2) is 11.6 Å². The lowest BCUT2D eigenvalue weighted by Crippen LogP contribution is -2.29. The first-order valence-electron chi connectivity index (χ1n) is 5.69. The van der Waals surface area contributed by atoms with E-state index in [4.69, 9.17) is 5.73 Å². The maximum absolute atomic E-state index is 13.5. The highest BCUT2D eigenvalue weighted by molar-refractivity contribution is 5.22. The van der Waals surface area contributed by atoms with Gasteiger partial charge < -0.3 is 11.1 Å². The summed E-state index contributed by atoms with van der Waals surface area (Å²) in [6.07, 6.45) is 4.79. The molecule has 94 valence electrons. The van der Waals surface area contributed by atoms with Crippen molar-refractivity contribution < 1.29 is 8.78 Å². The van der Waals surface area contributed by atoms with Gasteiger partial charge in [-0.05, 0) is 26.0 Å². The Kier molecular flexibility index (Phi) is 5.80. The lowest BCUT2D eigenvalue weighted by molar-refractivity contribution is 0.465. The molecule has 0 aliphatic carbocycles. The molecular formula is C13H18F2N2.